The standard InChI is InChI=1S/C28H38O6/c1-6-24(31)33-16-23(30)28(34-25(32)7-2)17(3)14-22-20-9-8-18-15-19(29)10-12-26(18,4)21(20)11-13-27(22,28)5/h10,12,15,17,20-22H,6-9,11,13-14,16H2,1-5H3/t17-,20+,21-,22-,26-,27-,28-/m0/s1. The number of carbonyl (C=O) groups is 4. The van der Waals surface area contributed by atoms with E-state index >= 15 is 0 Å². The zero-order chi connectivity index (χ0) is 24.9. The van der Waals surface area contributed by atoms with Crippen molar-refractivity contribution in [2.75, 3.05) is 6.61 Å². The van der Waals surface area contributed by atoms with Crippen molar-refractivity contribution in [2.24, 2.45) is 34.5 Å². The molecule has 0 bridgehead atoms. The van der Waals surface area contributed by atoms with Crippen LogP contribution in [-0.2, 0) is 28.7 Å². The van der Waals surface area contributed by atoms with E-state index in [0.29, 0.717) is 11.8 Å². The van der Waals surface area contributed by atoms with Crippen LogP contribution in [0.2, 0.25) is 0 Å². The molecule has 6 nitrogen and oxygen atoms in total. The third kappa shape index (κ3) is 3.51. The molecule has 4 aliphatic carbocycles. The van der Waals surface area contributed by atoms with Crippen LogP contribution in [0, 0.1) is 34.5 Å². The summed E-state index contributed by atoms with van der Waals surface area (Å²) in [6.07, 6.45) is 10.3. The number of rotatable bonds is 6. The molecule has 0 spiro atoms. The lowest BCUT2D eigenvalue weighted by Gasteiger charge is -2.58. The highest BCUT2D eigenvalue weighted by Gasteiger charge is 2.71. The Balaban J connectivity index is 1.71. The quantitative estimate of drug-likeness (QED) is 0.521. The fourth-order valence-electron chi connectivity index (χ4n) is 8.00. The van der Waals surface area contributed by atoms with Gasteiger partial charge in [-0.15, -0.1) is 0 Å². The molecule has 3 saturated carbocycles. The van der Waals surface area contributed by atoms with Gasteiger partial charge in [0.25, 0.3) is 0 Å². The van der Waals surface area contributed by atoms with Crippen molar-refractivity contribution in [3.05, 3.63) is 23.8 Å². The molecule has 0 aromatic rings. The normalized spacial score (nSPS) is 40.5. The number of Topliss-reactive ketones (excluding diaryl/α,β-unsaturated/α-hetero) is 1. The second-order valence-corrected chi connectivity index (χ2v) is 11.2. The zero-order valence-electron chi connectivity index (χ0n) is 21.1. The van der Waals surface area contributed by atoms with E-state index < -0.39 is 17.0 Å². The Kier molecular flexibility index (Phi) is 6.41. The molecule has 4 aliphatic rings. The van der Waals surface area contributed by atoms with Crippen molar-refractivity contribution in [3.63, 3.8) is 0 Å². The van der Waals surface area contributed by atoms with Gasteiger partial charge in [0.1, 0.15) is 0 Å². The number of hydrogen-bond acceptors (Lipinski definition) is 6. The summed E-state index contributed by atoms with van der Waals surface area (Å²) < 4.78 is 11.4. The Hall–Kier alpha value is -2.24. The molecular formula is C28H38O6. The average Bonchev–Trinajstić information content (AvgIpc) is 3.04. The summed E-state index contributed by atoms with van der Waals surface area (Å²) in [4.78, 5) is 50.3. The van der Waals surface area contributed by atoms with Crippen LogP contribution < -0.4 is 0 Å². The third-order valence-corrected chi connectivity index (χ3v) is 9.73. The Morgan fingerprint density at radius 3 is 2.44 bits per heavy atom. The molecule has 0 unspecified atom stereocenters. The third-order valence-electron chi connectivity index (χ3n) is 9.73. The summed E-state index contributed by atoms with van der Waals surface area (Å²) in [7, 11) is 0. The van der Waals surface area contributed by atoms with E-state index in [1.54, 1.807) is 19.9 Å². The second-order valence-electron chi connectivity index (χ2n) is 11.2. The largest absolute Gasteiger partial charge is 0.457 e. The Bertz CT molecular complexity index is 962. The number of hydrogen-bond donors (Lipinski definition) is 0. The predicted octanol–water partition coefficient (Wildman–Crippen LogP) is 4.75. The first-order chi connectivity index (χ1) is 16.0. The molecule has 0 heterocycles. The molecule has 7 atom stereocenters. The first kappa shape index (κ1) is 24.9. The maximum atomic E-state index is 13.8. The fraction of sp³-hybridized carbons (Fsp3) is 0.714. The van der Waals surface area contributed by atoms with Crippen LogP contribution in [0.15, 0.2) is 23.8 Å². The molecule has 0 radical (unpaired) electrons. The van der Waals surface area contributed by atoms with E-state index in [-0.39, 0.29) is 54.2 Å². The first-order valence-corrected chi connectivity index (χ1v) is 12.9. The number of allylic oxidation sites excluding steroid dienone is 4. The van der Waals surface area contributed by atoms with Gasteiger partial charge in [0, 0.05) is 29.6 Å². The molecule has 186 valence electrons. The number of fused-ring (bicyclic) bond motifs is 5. The summed E-state index contributed by atoms with van der Waals surface area (Å²) in [5.41, 5.74) is -0.742. The van der Waals surface area contributed by atoms with E-state index in [0.717, 1.165) is 32.1 Å². The average molecular weight is 471 g/mol. The molecule has 4 rings (SSSR count). The van der Waals surface area contributed by atoms with Crippen molar-refractivity contribution in [2.45, 2.75) is 85.2 Å². The molecule has 0 amide bonds. The van der Waals surface area contributed by atoms with E-state index in [1.807, 2.05) is 13.0 Å². The summed E-state index contributed by atoms with van der Waals surface area (Å²) in [6.45, 7) is 9.44. The molecule has 0 aromatic carbocycles. The van der Waals surface area contributed by atoms with Crippen LogP contribution >= 0.6 is 0 Å². The summed E-state index contributed by atoms with van der Waals surface area (Å²) in [5, 5.41) is 0. The van der Waals surface area contributed by atoms with Crippen LogP contribution in [-0.4, -0.2) is 35.7 Å². The molecular weight excluding hydrogens is 432 g/mol. The maximum Gasteiger partial charge on any atom is 0.306 e. The van der Waals surface area contributed by atoms with Gasteiger partial charge in [0.15, 0.2) is 18.0 Å². The molecule has 0 N–H and O–H groups in total. The van der Waals surface area contributed by atoms with Gasteiger partial charge in [0.05, 0.1) is 0 Å². The van der Waals surface area contributed by atoms with Crippen LogP contribution in [0.25, 0.3) is 0 Å². The summed E-state index contributed by atoms with van der Waals surface area (Å²) in [5.74, 6) is -0.252. The lowest BCUT2D eigenvalue weighted by molar-refractivity contribution is -0.197. The topological polar surface area (TPSA) is 86.7 Å². The van der Waals surface area contributed by atoms with Crippen molar-refractivity contribution in [1.29, 1.82) is 0 Å². The zero-order valence-corrected chi connectivity index (χ0v) is 21.1. The van der Waals surface area contributed by atoms with Gasteiger partial charge in [-0.05, 0) is 62.0 Å². The highest BCUT2D eigenvalue weighted by atomic mass is 16.6. The van der Waals surface area contributed by atoms with E-state index in [9.17, 15) is 19.2 Å². The van der Waals surface area contributed by atoms with Crippen LogP contribution in [0.5, 0.6) is 0 Å². The highest BCUT2D eigenvalue weighted by molar-refractivity contribution is 6.01. The fourth-order valence-corrected chi connectivity index (χ4v) is 8.00. The Morgan fingerprint density at radius 1 is 1.06 bits per heavy atom. The van der Waals surface area contributed by atoms with Gasteiger partial charge in [-0.2, -0.15) is 0 Å². The van der Waals surface area contributed by atoms with E-state index in [4.69, 9.17) is 9.47 Å². The SMILES string of the molecule is CCC(=O)OCC(=O)[C@@]1(OC(=O)CC)[C@@H](C)C[C@H]2[C@@H]3CCC4=CC(=O)C=C[C@]4(C)[C@H]3CC[C@@]21C. The van der Waals surface area contributed by atoms with E-state index in [2.05, 4.69) is 19.9 Å². The van der Waals surface area contributed by atoms with Gasteiger partial charge >= 0.3 is 11.9 Å². The molecule has 0 aromatic heterocycles. The number of ether oxygens (including phenoxy) is 2. The Labute approximate surface area is 202 Å². The molecule has 0 aliphatic heterocycles. The minimum Gasteiger partial charge on any atom is -0.457 e. The molecule has 0 saturated heterocycles. The lowest BCUT2D eigenvalue weighted by Crippen LogP contribution is -2.61. The van der Waals surface area contributed by atoms with Gasteiger partial charge in [0.2, 0.25) is 5.78 Å². The van der Waals surface area contributed by atoms with E-state index in [1.165, 1.54) is 5.57 Å². The van der Waals surface area contributed by atoms with Gasteiger partial charge in [-0.3, -0.25) is 19.2 Å². The lowest BCUT2D eigenvalue weighted by atomic mass is 9.47. The number of esters is 2. The van der Waals surface area contributed by atoms with Gasteiger partial charge < -0.3 is 9.47 Å². The maximum absolute atomic E-state index is 13.8. The highest BCUT2D eigenvalue weighted by Crippen LogP contribution is 2.69. The van der Waals surface area contributed by atoms with Crippen molar-refractivity contribution >= 4 is 23.5 Å². The molecule has 3 fully saturated rings. The smallest absolute Gasteiger partial charge is 0.306 e. The Morgan fingerprint density at radius 2 is 1.76 bits per heavy atom. The van der Waals surface area contributed by atoms with Gasteiger partial charge in [-0.25, -0.2) is 0 Å². The van der Waals surface area contributed by atoms with Crippen molar-refractivity contribution < 1.29 is 28.7 Å². The van der Waals surface area contributed by atoms with Crippen LogP contribution in [0.1, 0.15) is 79.6 Å². The number of ketones is 2. The molecule has 6 heteroatoms. The predicted molar refractivity (Wildman–Crippen MR) is 127 cm³/mol. The van der Waals surface area contributed by atoms with Gasteiger partial charge in [-0.1, -0.05) is 46.3 Å². The minimum absolute atomic E-state index is 0.0683. The minimum atomic E-state index is -1.29. The van der Waals surface area contributed by atoms with Crippen LogP contribution in [0.3, 0.4) is 0 Å². The number of carbonyl (C=O) groups excluding carboxylic acids is 4. The van der Waals surface area contributed by atoms with Crippen LogP contribution in [0.4, 0.5) is 0 Å². The summed E-state index contributed by atoms with van der Waals surface area (Å²) >= 11 is 0. The monoisotopic (exact) mass is 470 g/mol. The molecule has 34 heavy (non-hydrogen) atoms. The first-order valence-electron chi connectivity index (χ1n) is 12.9. The second kappa shape index (κ2) is 8.76. The summed E-state index contributed by atoms with van der Waals surface area (Å²) in [6, 6.07) is 0. The van der Waals surface area contributed by atoms with Crippen molar-refractivity contribution in [1.82, 2.24) is 0 Å². The van der Waals surface area contributed by atoms with Crippen molar-refractivity contribution in [3.8, 4) is 0 Å².